The van der Waals surface area contributed by atoms with Gasteiger partial charge in [-0.2, -0.15) is 0 Å². The third-order valence-electron chi connectivity index (χ3n) is 5.13. The maximum atomic E-state index is 5.00. The van der Waals surface area contributed by atoms with Crippen molar-refractivity contribution < 1.29 is 46.5 Å². The van der Waals surface area contributed by atoms with Crippen molar-refractivity contribution in [1.29, 1.82) is 0 Å². The Morgan fingerprint density at radius 3 is 1.90 bits per heavy atom. The summed E-state index contributed by atoms with van der Waals surface area (Å²) in [6.45, 7) is 8.72. The molecule has 4 heteroatoms. The molecule has 3 aromatic carbocycles. The van der Waals surface area contributed by atoms with E-state index in [2.05, 4.69) is 94.4 Å². The first-order valence-corrected chi connectivity index (χ1v) is 9.45. The van der Waals surface area contributed by atoms with Gasteiger partial charge in [0.2, 0.25) is 0 Å². The van der Waals surface area contributed by atoms with E-state index in [1.807, 2.05) is 0 Å². The molecule has 0 saturated heterocycles. The van der Waals surface area contributed by atoms with Gasteiger partial charge in [-0.25, -0.2) is 0 Å². The Balaban J connectivity index is 0.00000140. The van der Waals surface area contributed by atoms with Crippen LogP contribution < -0.4 is 24.8 Å². The van der Waals surface area contributed by atoms with Gasteiger partial charge in [-0.1, -0.05) is 100.0 Å². The van der Waals surface area contributed by atoms with Crippen molar-refractivity contribution in [3.8, 4) is 22.3 Å². The normalized spacial score (nSPS) is 12.6. The largest absolute Gasteiger partial charge is 3.00 e. The zero-order valence-corrected chi connectivity index (χ0v) is 20.4. The number of halogens is 2. The van der Waals surface area contributed by atoms with Crippen molar-refractivity contribution in [3.05, 3.63) is 88.7 Å². The van der Waals surface area contributed by atoms with Crippen molar-refractivity contribution in [3.63, 3.8) is 0 Å². The second kappa shape index (κ2) is 10.3. The molecule has 0 aliphatic heterocycles. The molecule has 0 aromatic heterocycles. The van der Waals surface area contributed by atoms with Crippen LogP contribution in [0, 0.1) is 0 Å². The minimum atomic E-state index is -0.0403. The zero-order valence-electron chi connectivity index (χ0n) is 17.3. The first-order valence-electron chi connectivity index (χ1n) is 9.45. The Kier molecular flexibility index (Phi) is 9.21. The van der Waals surface area contributed by atoms with Gasteiger partial charge in [0.25, 0.3) is 0 Å². The second-order valence-electron chi connectivity index (χ2n) is 8.23. The molecule has 1 aliphatic carbocycles. The quantitative estimate of drug-likeness (QED) is 0.409. The fraction of sp³-hybridized carbons (Fsp3) is 0.280. The Bertz CT molecular complexity index is 963. The van der Waals surface area contributed by atoms with Crippen LogP contribution in [0.3, 0.4) is 0 Å². The number of benzene rings is 3. The summed E-state index contributed by atoms with van der Waals surface area (Å²) in [5.74, 6) is 0. The molecule has 0 amide bonds. The minimum Gasteiger partial charge on any atom is -1.00 e. The van der Waals surface area contributed by atoms with Crippen molar-refractivity contribution >= 4 is 0 Å². The van der Waals surface area contributed by atoms with Crippen molar-refractivity contribution in [2.75, 3.05) is 0 Å². The van der Waals surface area contributed by atoms with Crippen LogP contribution in [0.4, 0.5) is 0 Å². The van der Waals surface area contributed by atoms with E-state index in [-0.39, 0.29) is 58.1 Å². The molecular formula is C25H26Cl2NTi. The summed E-state index contributed by atoms with van der Waals surface area (Å²) in [6.07, 6.45) is 1.01. The monoisotopic (exact) mass is 458 g/mol. The summed E-state index contributed by atoms with van der Waals surface area (Å²) in [7, 11) is 0. The fourth-order valence-electron chi connectivity index (χ4n) is 4.17. The van der Waals surface area contributed by atoms with E-state index in [0.29, 0.717) is 0 Å². The van der Waals surface area contributed by atoms with Crippen LogP contribution in [0.2, 0.25) is 0 Å². The predicted molar refractivity (Wildman–Crippen MR) is 112 cm³/mol. The molecule has 1 radical (unpaired) electrons. The maximum absolute atomic E-state index is 5.00. The number of hydrogen-bond donors (Lipinski definition) is 0. The van der Waals surface area contributed by atoms with Gasteiger partial charge in [0.15, 0.2) is 0 Å². The van der Waals surface area contributed by atoms with Gasteiger partial charge in [-0.3, -0.25) is 0 Å². The van der Waals surface area contributed by atoms with Gasteiger partial charge in [0, 0.05) is 0 Å². The molecule has 0 bridgehead atoms. The van der Waals surface area contributed by atoms with Crippen molar-refractivity contribution in [2.24, 2.45) is 0 Å². The van der Waals surface area contributed by atoms with Crippen LogP contribution in [0.5, 0.6) is 0 Å². The molecule has 149 valence electrons. The fourth-order valence-corrected chi connectivity index (χ4v) is 4.17. The average molecular weight is 459 g/mol. The molecule has 0 fully saturated rings. The molecule has 0 saturated carbocycles. The summed E-state index contributed by atoms with van der Waals surface area (Å²) in [5, 5.41) is 5.00. The third kappa shape index (κ3) is 5.34. The Hall–Kier alpha value is -1.09. The molecule has 0 heterocycles. The van der Waals surface area contributed by atoms with E-state index in [0.717, 1.165) is 6.42 Å². The Labute approximate surface area is 202 Å². The van der Waals surface area contributed by atoms with E-state index in [1.165, 1.54) is 38.9 Å². The van der Waals surface area contributed by atoms with Gasteiger partial charge in [0.1, 0.15) is 0 Å². The standard InChI is InChI=1S/C25H26N.2ClH.Ti/c1-17(26-25(2,3)4)19-11-7-8-13-21(19)23-15-9-14-22-20-12-6-5-10-18(20)16-24(22)23;;;/h5-15,17H,16H2,1-4H3;2*1H;/q-1;;;+3/p-2. The number of nitrogens with zero attached hydrogens (tertiary/aromatic N) is 1. The minimum absolute atomic E-state index is 0. The van der Waals surface area contributed by atoms with Gasteiger partial charge in [-0.15, -0.1) is 11.6 Å². The van der Waals surface area contributed by atoms with Crippen LogP contribution in [-0.2, 0) is 28.1 Å². The van der Waals surface area contributed by atoms with Crippen LogP contribution in [0.25, 0.3) is 27.6 Å². The molecule has 1 nitrogen and oxygen atoms in total. The van der Waals surface area contributed by atoms with Crippen LogP contribution in [0.1, 0.15) is 50.4 Å². The molecule has 3 aromatic rings. The average Bonchev–Trinajstić information content (AvgIpc) is 2.99. The summed E-state index contributed by atoms with van der Waals surface area (Å²) in [6, 6.07) is 24.4. The Morgan fingerprint density at radius 1 is 0.724 bits per heavy atom. The molecular weight excluding hydrogens is 433 g/mol. The molecule has 1 unspecified atom stereocenters. The molecule has 1 aliphatic rings. The van der Waals surface area contributed by atoms with Crippen molar-refractivity contribution in [1.82, 2.24) is 0 Å². The van der Waals surface area contributed by atoms with E-state index in [1.54, 1.807) is 0 Å². The van der Waals surface area contributed by atoms with Gasteiger partial charge < -0.3 is 30.1 Å². The molecule has 1 atom stereocenters. The number of rotatable bonds is 3. The van der Waals surface area contributed by atoms with Crippen LogP contribution in [-0.4, -0.2) is 5.54 Å². The molecule has 29 heavy (non-hydrogen) atoms. The van der Waals surface area contributed by atoms with Crippen molar-refractivity contribution in [2.45, 2.75) is 45.7 Å². The SMILES string of the molecule is CC([N-]C(C)(C)C)c1ccccc1-c1cccc2c1Cc1ccccc1-2.[Cl-].[Cl-].[Ti+3]. The predicted octanol–water partition coefficient (Wildman–Crippen LogP) is 1.16. The number of hydrogen-bond acceptors (Lipinski definition) is 0. The van der Waals surface area contributed by atoms with Gasteiger partial charge in [0.05, 0.1) is 0 Å². The first kappa shape index (κ1) is 26.0. The van der Waals surface area contributed by atoms with Gasteiger partial charge in [-0.05, 0) is 39.8 Å². The van der Waals surface area contributed by atoms with E-state index < -0.39 is 0 Å². The van der Waals surface area contributed by atoms with Crippen LogP contribution >= 0.6 is 0 Å². The summed E-state index contributed by atoms with van der Waals surface area (Å²) < 4.78 is 0. The maximum Gasteiger partial charge on any atom is 3.00 e. The number of fused-ring (bicyclic) bond motifs is 3. The molecule has 0 spiro atoms. The summed E-state index contributed by atoms with van der Waals surface area (Å²) >= 11 is 0. The zero-order chi connectivity index (χ0) is 18.3. The molecule has 0 N–H and O–H groups in total. The van der Waals surface area contributed by atoms with Gasteiger partial charge >= 0.3 is 21.7 Å². The summed E-state index contributed by atoms with van der Waals surface area (Å²) in [5.41, 5.74) is 9.59. The van der Waals surface area contributed by atoms with Crippen LogP contribution in [0.15, 0.2) is 66.7 Å². The van der Waals surface area contributed by atoms with E-state index >= 15 is 0 Å². The topological polar surface area (TPSA) is 14.1 Å². The first-order chi connectivity index (χ1) is 12.4. The Morgan fingerprint density at radius 2 is 1.24 bits per heavy atom. The second-order valence-corrected chi connectivity index (χ2v) is 8.23. The smallest absolute Gasteiger partial charge is 1.00 e. The molecule has 4 rings (SSSR count). The summed E-state index contributed by atoms with van der Waals surface area (Å²) in [4.78, 5) is 0. The van der Waals surface area contributed by atoms with E-state index in [4.69, 9.17) is 5.32 Å². The third-order valence-corrected chi connectivity index (χ3v) is 5.13. The van der Waals surface area contributed by atoms with E-state index in [9.17, 15) is 0 Å².